The fraction of sp³-hybridized carbons (Fsp3) is 0.182. The van der Waals surface area contributed by atoms with Gasteiger partial charge >= 0.3 is 0 Å². The third-order valence-electron chi connectivity index (χ3n) is 2.68. The van der Waals surface area contributed by atoms with Gasteiger partial charge in [0.15, 0.2) is 0 Å². The lowest BCUT2D eigenvalue weighted by atomic mass is 10.2. The molecular formula is C11H10N6O. The molecule has 0 aliphatic heterocycles. The smallest absolute Gasteiger partial charge is 0.268 e. The minimum absolute atomic E-state index is 0.197. The van der Waals surface area contributed by atoms with Gasteiger partial charge in [-0.05, 0) is 23.8 Å². The maximum absolute atomic E-state index is 12.3. The van der Waals surface area contributed by atoms with Crippen LogP contribution in [0.15, 0.2) is 29.3 Å². The van der Waals surface area contributed by atoms with Crippen molar-refractivity contribution in [2.45, 2.75) is 6.92 Å². The van der Waals surface area contributed by atoms with Crippen LogP contribution in [0.2, 0.25) is 0 Å². The van der Waals surface area contributed by atoms with Crippen LogP contribution >= 0.6 is 0 Å². The van der Waals surface area contributed by atoms with Gasteiger partial charge in [0.05, 0.1) is 7.05 Å². The van der Waals surface area contributed by atoms with Crippen molar-refractivity contribution in [2.24, 2.45) is 7.05 Å². The zero-order valence-electron chi connectivity index (χ0n) is 9.90. The first-order chi connectivity index (χ1) is 8.66. The quantitative estimate of drug-likeness (QED) is 0.609. The highest BCUT2D eigenvalue weighted by atomic mass is 16.1. The Morgan fingerprint density at radius 2 is 2.17 bits per heavy atom. The van der Waals surface area contributed by atoms with E-state index in [-0.39, 0.29) is 11.4 Å². The van der Waals surface area contributed by atoms with Crippen molar-refractivity contribution in [3.63, 3.8) is 0 Å². The summed E-state index contributed by atoms with van der Waals surface area (Å²) < 4.78 is 1.49. The van der Waals surface area contributed by atoms with E-state index in [0.29, 0.717) is 11.2 Å². The van der Waals surface area contributed by atoms with Gasteiger partial charge in [-0.1, -0.05) is 6.07 Å². The van der Waals surface area contributed by atoms with Crippen molar-refractivity contribution in [3.8, 4) is 11.4 Å². The Morgan fingerprint density at radius 3 is 2.89 bits per heavy atom. The van der Waals surface area contributed by atoms with Crippen molar-refractivity contribution in [2.75, 3.05) is 0 Å². The molecule has 0 spiro atoms. The summed E-state index contributed by atoms with van der Waals surface area (Å²) in [6.45, 7) is 1.90. The molecule has 3 heterocycles. The van der Waals surface area contributed by atoms with Gasteiger partial charge < -0.3 is 0 Å². The Hall–Kier alpha value is -2.57. The number of hydrogen-bond acceptors (Lipinski definition) is 5. The number of rotatable bonds is 1. The SMILES string of the molecule is Cc1cccn2c(=O)c(-c3nnn(C)n3)cnc12. The van der Waals surface area contributed by atoms with E-state index in [2.05, 4.69) is 20.4 Å². The van der Waals surface area contributed by atoms with Gasteiger partial charge in [0.25, 0.3) is 5.56 Å². The minimum Gasteiger partial charge on any atom is -0.268 e. The lowest BCUT2D eigenvalue weighted by molar-refractivity contribution is 0.630. The standard InChI is InChI=1S/C11H10N6O/c1-7-4-3-5-17-10(7)12-6-8(11(17)18)9-13-15-16(2)14-9/h3-6H,1-2H3. The normalized spacial score (nSPS) is 11.0. The summed E-state index contributed by atoms with van der Waals surface area (Å²) in [7, 11) is 1.65. The average Bonchev–Trinajstić information content (AvgIpc) is 2.77. The van der Waals surface area contributed by atoms with Gasteiger partial charge in [0.2, 0.25) is 5.82 Å². The minimum atomic E-state index is -0.197. The first kappa shape index (κ1) is 10.6. The molecule has 0 radical (unpaired) electrons. The molecule has 3 rings (SSSR count). The van der Waals surface area contributed by atoms with Crippen molar-refractivity contribution in [3.05, 3.63) is 40.4 Å². The molecule has 0 amide bonds. The van der Waals surface area contributed by atoms with Gasteiger partial charge in [0, 0.05) is 12.4 Å². The summed E-state index contributed by atoms with van der Waals surface area (Å²) >= 11 is 0. The molecule has 90 valence electrons. The molecule has 0 saturated heterocycles. The monoisotopic (exact) mass is 242 g/mol. The van der Waals surface area contributed by atoms with Crippen LogP contribution in [0.1, 0.15) is 5.56 Å². The summed E-state index contributed by atoms with van der Waals surface area (Å²) in [5.74, 6) is 0.283. The van der Waals surface area contributed by atoms with E-state index in [9.17, 15) is 4.79 Å². The summed E-state index contributed by atoms with van der Waals surface area (Å²) in [5, 5.41) is 11.5. The maximum Gasteiger partial charge on any atom is 0.269 e. The highest BCUT2D eigenvalue weighted by Gasteiger charge is 2.12. The second-order valence-electron chi connectivity index (χ2n) is 3.96. The van der Waals surface area contributed by atoms with E-state index in [1.165, 1.54) is 15.4 Å². The molecular weight excluding hydrogens is 232 g/mol. The third kappa shape index (κ3) is 1.48. The summed E-state index contributed by atoms with van der Waals surface area (Å²) in [6, 6.07) is 3.71. The number of fused-ring (bicyclic) bond motifs is 1. The molecule has 0 aliphatic rings. The first-order valence-electron chi connectivity index (χ1n) is 5.38. The van der Waals surface area contributed by atoms with Crippen LogP contribution in [0, 0.1) is 6.92 Å². The van der Waals surface area contributed by atoms with Crippen LogP contribution in [-0.4, -0.2) is 29.6 Å². The molecule has 7 heteroatoms. The van der Waals surface area contributed by atoms with Crippen molar-refractivity contribution in [1.29, 1.82) is 0 Å². The second-order valence-corrected chi connectivity index (χ2v) is 3.96. The number of pyridine rings is 1. The van der Waals surface area contributed by atoms with Crippen molar-refractivity contribution < 1.29 is 0 Å². The molecule has 0 aliphatic carbocycles. The zero-order chi connectivity index (χ0) is 12.7. The highest BCUT2D eigenvalue weighted by molar-refractivity contribution is 5.56. The van der Waals surface area contributed by atoms with Crippen LogP contribution in [0.5, 0.6) is 0 Å². The molecule has 0 bridgehead atoms. The Labute approximate surface area is 102 Å². The van der Waals surface area contributed by atoms with Gasteiger partial charge in [0.1, 0.15) is 11.2 Å². The predicted molar refractivity (Wildman–Crippen MR) is 64.0 cm³/mol. The fourth-order valence-corrected chi connectivity index (χ4v) is 1.79. The molecule has 3 aromatic heterocycles. The lowest BCUT2D eigenvalue weighted by Gasteiger charge is -2.03. The van der Waals surface area contributed by atoms with Crippen LogP contribution in [0.4, 0.5) is 0 Å². The average molecular weight is 242 g/mol. The van der Waals surface area contributed by atoms with E-state index in [1.54, 1.807) is 19.3 Å². The zero-order valence-corrected chi connectivity index (χ0v) is 9.90. The number of aromatic nitrogens is 6. The van der Waals surface area contributed by atoms with Gasteiger partial charge in [-0.2, -0.15) is 4.80 Å². The van der Waals surface area contributed by atoms with Crippen molar-refractivity contribution in [1.82, 2.24) is 29.6 Å². The molecule has 0 aromatic carbocycles. The van der Waals surface area contributed by atoms with Gasteiger partial charge in [-0.15, -0.1) is 10.2 Å². The van der Waals surface area contributed by atoms with Gasteiger partial charge in [-0.3, -0.25) is 9.20 Å². The number of nitrogens with zero attached hydrogens (tertiary/aromatic N) is 6. The van der Waals surface area contributed by atoms with E-state index in [4.69, 9.17) is 0 Å². The topological polar surface area (TPSA) is 78.0 Å². The Morgan fingerprint density at radius 1 is 1.33 bits per heavy atom. The highest BCUT2D eigenvalue weighted by Crippen LogP contribution is 2.09. The summed E-state index contributed by atoms with van der Waals surface area (Å²) in [4.78, 5) is 17.9. The van der Waals surface area contributed by atoms with Crippen LogP contribution < -0.4 is 5.56 Å². The molecule has 0 N–H and O–H groups in total. The van der Waals surface area contributed by atoms with E-state index in [1.807, 2.05) is 13.0 Å². The lowest BCUT2D eigenvalue weighted by Crippen LogP contribution is -2.17. The van der Waals surface area contributed by atoms with E-state index < -0.39 is 0 Å². The van der Waals surface area contributed by atoms with Crippen LogP contribution in [0.3, 0.4) is 0 Å². The number of hydrogen-bond donors (Lipinski definition) is 0. The molecule has 7 nitrogen and oxygen atoms in total. The molecule has 0 atom stereocenters. The Bertz CT molecular complexity index is 788. The molecule has 3 aromatic rings. The molecule has 0 saturated carbocycles. The van der Waals surface area contributed by atoms with Crippen LogP contribution in [0.25, 0.3) is 17.0 Å². The molecule has 0 unspecified atom stereocenters. The van der Waals surface area contributed by atoms with Crippen molar-refractivity contribution >= 4 is 5.65 Å². The van der Waals surface area contributed by atoms with E-state index in [0.717, 1.165) is 5.56 Å². The Kier molecular flexibility index (Phi) is 2.19. The summed E-state index contributed by atoms with van der Waals surface area (Å²) in [5.41, 5.74) is 1.71. The third-order valence-corrected chi connectivity index (χ3v) is 2.68. The van der Waals surface area contributed by atoms with E-state index >= 15 is 0 Å². The fourth-order valence-electron chi connectivity index (χ4n) is 1.79. The molecule has 0 fully saturated rings. The second kappa shape index (κ2) is 3.73. The maximum atomic E-state index is 12.3. The number of aryl methyl sites for hydroxylation is 2. The van der Waals surface area contributed by atoms with Crippen LogP contribution in [-0.2, 0) is 7.05 Å². The largest absolute Gasteiger partial charge is 0.269 e. The van der Waals surface area contributed by atoms with Gasteiger partial charge in [-0.25, -0.2) is 4.98 Å². The summed E-state index contributed by atoms with van der Waals surface area (Å²) in [6.07, 6.45) is 3.17. The predicted octanol–water partition coefficient (Wildman–Crippen LogP) is 0.193. The molecule has 18 heavy (non-hydrogen) atoms. The Balaban J connectivity index is 2.34. The first-order valence-corrected chi connectivity index (χ1v) is 5.38. The number of tetrazole rings is 1.